The highest BCUT2D eigenvalue weighted by atomic mass is 32.2. The Morgan fingerprint density at radius 1 is 1.12 bits per heavy atom. The smallest absolute Gasteiger partial charge is 0.119 e. The molecule has 1 aromatic carbocycles. The molecule has 0 aliphatic heterocycles. The number of hydrogen-bond donors (Lipinski definition) is 0. The molecular formula is C15H24OS. The van der Waals surface area contributed by atoms with Crippen LogP contribution in [0.4, 0.5) is 0 Å². The summed E-state index contributed by atoms with van der Waals surface area (Å²) in [5.41, 5.74) is 1.40. The highest BCUT2D eigenvalue weighted by Gasteiger charge is 1.98. The van der Waals surface area contributed by atoms with Gasteiger partial charge in [0.05, 0.1) is 6.61 Å². The second kappa shape index (κ2) is 8.46. The summed E-state index contributed by atoms with van der Waals surface area (Å²) in [6, 6.07) is 8.52. The fourth-order valence-electron chi connectivity index (χ4n) is 1.66. The second-order valence-electron chi connectivity index (χ2n) is 4.70. The van der Waals surface area contributed by atoms with E-state index < -0.39 is 0 Å². The van der Waals surface area contributed by atoms with Gasteiger partial charge in [0.25, 0.3) is 0 Å². The monoisotopic (exact) mass is 252 g/mol. The van der Waals surface area contributed by atoms with Crippen LogP contribution in [0.25, 0.3) is 0 Å². The Kier molecular flexibility index (Phi) is 7.18. The number of thioether (sulfide) groups is 1. The molecule has 0 spiro atoms. The number of benzene rings is 1. The fourth-order valence-corrected chi connectivity index (χ4v) is 2.35. The summed E-state index contributed by atoms with van der Waals surface area (Å²) in [6.45, 7) is 7.51. The zero-order chi connectivity index (χ0) is 12.5. The van der Waals surface area contributed by atoms with Crippen molar-refractivity contribution in [2.24, 2.45) is 5.92 Å². The van der Waals surface area contributed by atoms with Gasteiger partial charge in [-0.15, -0.1) is 0 Å². The van der Waals surface area contributed by atoms with Crippen molar-refractivity contribution in [3.63, 3.8) is 0 Å². The van der Waals surface area contributed by atoms with Crippen molar-refractivity contribution in [1.29, 1.82) is 0 Å². The average molecular weight is 252 g/mol. The molecule has 0 saturated heterocycles. The van der Waals surface area contributed by atoms with Gasteiger partial charge in [0.15, 0.2) is 0 Å². The first-order valence-electron chi connectivity index (χ1n) is 6.52. The van der Waals surface area contributed by atoms with Crippen molar-refractivity contribution in [3.05, 3.63) is 29.8 Å². The first-order chi connectivity index (χ1) is 8.22. The van der Waals surface area contributed by atoms with E-state index in [1.165, 1.54) is 17.7 Å². The van der Waals surface area contributed by atoms with Gasteiger partial charge >= 0.3 is 0 Å². The maximum absolute atomic E-state index is 5.69. The van der Waals surface area contributed by atoms with Crippen molar-refractivity contribution in [2.45, 2.75) is 33.6 Å². The Morgan fingerprint density at radius 3 is 2.41 bits per heavy atom. The summed E-state index contributed by atoms with van der Waals surface area (Å²) in [7, 11) is 0. The standard InChI is InChI=1S/C15H24OS/c1-4-10-17-11-9-16-15-7-5-14(6-8-15)12-13(2)3/h5-8,13H,4,9-12H2,1-3H3. The lowest BCUT2D eigenvalue weighted by Crippen LogP contribution is -2.01. The SMILES string of the molecule is CCCSCCOc1ccc(CC(C)C)cc1. The minimum Gasteiger partial charge on any atom is -0.493 e. The van der Waals surface area contributed by atoms with E-state index in [9.17, 15) is 0 Å². The maximum atomic E-state index is 5.69. The van der Waals surface area contributed by atoms with Crippen LogP contribution in [0.2, 0.25) is 0 Å². The summed E-state index contributed by atoms with van der Waals surface area (Å²) in [4.78, 5) is 0. The predicted molar refractivity (Wildman–Crippen MR) is 78.1 cm³/mol. The van der Waals surface area contributed by atoms with E-state index in [1.807, 2.05) is 11.8 Å². The molecule has 0 aliphatic carbocycles. The van der Waals surface area contributed by atoms with Gasteiger partial charge in [-0.2, -0.15) is 11.8 Å². The minimum atomic E-state index is 0.715. The van der Waals surface area contributed by atoms with Crippen molar-refractivity contribution in [1.82, 2.24) is 0 Å². The van der Waals surface area contributed by atoms with Crippen LogP contribution in [0.3, 0.4) is 0 Å². The van der Waals surface area contributed by atoms with Crippen LogP contribution < -0.4 is 4.74 Å². The minimum absolute atomic E-state index is 0.715. The molecule has 0 fully saturated rings. The molecule has 0 heterocycles. The summed E-state index contributed by atoms with van der Waals surface area (Å²) >= 11 is 1.96. The molecule has 17 heavy (non-hydrogen) atoms. The molecule has 1 aromatic rings. The zero-order valence-electron chi connectivity index (χ0n) is 11.2. The van der Waals surface area contributed by atoms with Gasteiger partial charge in [-0.3, -0.25) is 0 Å². The van der Waals surface area contributed by atoms with Crippen LogP contribution in [-0.4, -0.2) is 18.1 Å². The van der Waals surface area contributed by atoms with Gasteiger partial charge in [-0.1, -0.05) is 32.9 Å². The van der Waals surface area contributed by atoms with Gasteiger partial charge < -0.3 is 4.74 Å². The third-order valence-electron chi connectivity index (χ3n) is 2.41. The Bertz CT molecular complexity index is 292. The van der Waals surface area contributed by atoms with E-state index in [2.05, 4.69) is 45.0 Å². The molecule has 0 radical (unpaired) electrons. The van der Waals surface area contributed by atoms with E-state index in [0.29, 0.717) is 5.92 Å². The van der Waals surface area contributed by atoms with Crippen LogP contribution >= 0.6 is 11.8 Å². The van der Waals surface area contributed by atoms with Crippen LogP contribution in [0, 0.1) is 5.92 Å². The van der Waals surface area contributed by atoms with Crippen LogP contribution in [0.5, 0.6) is 5.75 Å². The fraction of sp³-hybridized carbons (Fsp3) is 0.600. The molecule has 0 aromatic heterocycles. The van der Waals surface area contributed by atoms with Crippen LogP contribution in [0.15, 0.2) is 24.3 Å². The Hall–Kier alpha value is -0.630. The Labute approximate surface area is 110 Å². The topological polar surface area (TPSA) is 9.23 Å². The van der Waals surface area contributed by atoms with Crippen molar-refractivity contribution in [3.8, 4) is 5.75 Å². The first kappa shape index (κ1) is 14.4. The highest BCUT2D eigenvalue weighted by Crippen LogP contribution is 2.15. The summed E-state index contributed by atoms with van der Waals surface area (Å²) < 4.78 is 5.69. The van der Waals surface area contributed by atoms with Crippen molar-refractivity contribution in [2.75, 3.05) is 18.1 Å². The van der Waals surface area contributed by atoms with E-state index in [-0.39, 0.29) is 0 Å². The summed E-state index contributed by atoms with van der Waals surface area (Å²) in [6.07, 6.45) is 2.39. The summed E-state index contributed by atoms with van der Waals surface area (Å²) in [5, 5.41) is 0. The molecule has 0 aliphatic rings. The largest absolute Gasteiger partial charge is 0.493 e. The molecular weight excluding hydrogens is 228 g/mol. The van der Waals surface area contributed by atoms with Gasteiger partial charge in [0, 0.05) is 5.75 Å². The average Bonchev–Trinajstić information content (AvgIpc) is 2.30. The highest BCUT2D eigenvalue weighted by molar-refractivity contribution is 7.99. The number of hydrogen-bond acceptors (Lipinski definition) is 2. The predicted octanol–water partition coefficient (Wildman–Crippen LogP) is 4.41. The quantitative estimate of drug-likeness (QED) is 0.634. The zero-order valence-corrected chi connectivity index (χ0v) is 12.1. The Balaban J connectivity index is 2.25. The second-order valence-corrected chi connectivity index (χ2v) is 5.93. The molecule has 96 valence electrons. The lowest BCUT2D eigenvalue weighted by molar-refractivity contribution is 0.344. The molecule has 0 amide bonds. The number of rotatable bonds is 8. The molecule has 1 rings (SSSR count). The van der Waals surface area contributed by atoms with Crippen molar-refractivity contribution >= 4 is 11.8 Å². The van der Waals surface area contributed by atoms with Gasteiger partial charge in [0.1, 0.15) is 5.75 Å². The van der Waals surface area contributed by atoms with E-state index in [1.54, 1.807) is 0 Å². The lowest BCUT2D eigenvalue weighted by atomic mass is 10.0. The van der Waals surface area contributed by atoms with Crippen LogP contribution in [-0.2, 0) is 6.42 Å². The third-order valence-corrected chi connectivity index (χ3v) is 3.56. The van der Waals surface area contributed by atoms with E-state index >= 15 is 0 Å². The first-order valence-corrected chi connectivity index (χ1v) is 7.67. The number of ether oxygens (including phenoxy) is 1. The molecule has 0 atom stereocenters. The third kappa shape index (κ3) is 6.62. The van der Waals surface area contributed by atoms with E-state index in [4.69, 9.17) is 4.74 Å². The van der Waals surface area contributed by atoms with Gasteiger partial charge in [-0.05, 0) is 42.2 Å². The van der Waals surface area contributed by atoms with Crippen molar-refractivity contribution < 1.29 is 4.74 Å². The summed E-state index contributed by atoms with van der Waals surface area (Å²) in [5.74, 6) is 4.03. The molecule has 0 saturated carbocycles. The van der Waals surface area contributed by atoms with Gasteiger partial charge in [-0.25, -0.2) is 0 Å². The van der Waals surface area contributed by atoms with Gasteiger partial charge in [0.2, 0.25) is 0 Å². The molecule has 1 nitrogen and oxygen atoms in total. The molecule has 0 bridgehead atoms. The molecule has 0 N–H and O–H groups in total. The molecule has 2 heteroatoms. The maximum Gasteiger partial charge on any atom is 0.119 e. The molecule has 0 unspecified atom stereocenters. The lowest BCUT2D eigenvalue weighted by Gasteiger charge is -2.08. The van der Waals surface area contributed by atoms with Crippen LogP contribution in [0.1, 0.15) is 32.8 Å². The normalized spacial score (nSPS) is 10.8. The Morgan fingerprint density at radius 2 is 1.82 bits per heavy atom. The van der Waals surface area contributed by atoms with E-state index in [0.717, 1.165) is 24.5 Å².